The van der Waals surface area contributed by atoms with E-state index in [1.807, 2.05) is 59.3 Å². The van der Waals surface area contributed by atoms with Crippen molar-refractivity contribution in [2.24, 2.45) is 0 Å². The molecule has 8 heteroatoms. The van der Waals surface area contributed by atoms with Crippen molar-refractivity contribution in [1.29, 1.82) is 0 Å². The number of carbonyl (C=O) groups excluding carboxylic acids is 2. The molecular weight excluding hydrogens is 444 g/mol. The molecule has 0 aromatic heterocycles. The van der Waals surface area contributed by atoms with Gasteiger partial charge in [0, 0.05) is 58.5 Å². The van der Waals surface area contributed by atoms with Gasteiger partial charge < -0.3 is 29.9 Å². The summed E-state index contributed by atoms with van der Waals surface area (Å²) in [6.45, 7) is 3.26. The second-order valence-corrected chi connectivity index (χ2v) is 9.48. The van der Waals surface area contributed by atoms with E-state index in [1.165, 1.54) is 0 Å². The molecule has 35 heavy (non-hydrogen) atoms. The van der Waals surface area contributed by atoms with Crippen LogP contribution in [0, 0.1) is 0 Å². The summed E-state index contributed by atoms with van der Waals surface area (Å²) in [7, 11) is 3.39. The van der Waals surface area contributed by atoms with Crippen molar-refractivity contribution in [2.75, 3.05) is 53.5 Å². The van der Waals surface area contributed by atoms with Crippen LogP contribution in [0.15, 0.2) is 54.6 Å². The van der Waals surface area contributed by atoms with Crippen molar-refractivity contribution in [2.45, 2.75) is 31.0 Å². The average Bonchev–Trinajstić information content (AvgIpc) is 3.57. The lowest BCUT2D eigenvalue weighted by Gasteiger charge is -2.27. The topological polar surface area (TPSA) is 85.3 Å². The minimum absolute atomic E-state index is 0.000894. The summed E-state index contributed by atoms with van der Waals surface area (Å²) in [6.07, 6.45) is 1.08. The molecule has 8 nitrogen and oxygen atoms in total. The van der Waals surface area contributed by atoms with E-state index in [0.717, 1.165) is 24.0 Å². The third-order valence-corrected chi connectivity index (χ3v) is 7.00. The van der Waals surface area contributed by atoms with Crippen molar-refractivity contribution >= 4 is 11.9 Å². The Balaban J connectivity index is 1.27. The Bertz CT molecular complexity index is 984. The van der Waals surface area contributed by atoms with Crippen LogP contribution in [0.1, 0.15) is 23.2 Å². The van der Waals surface area contributed by atoms with Crippen molar-refractivity contribution in [3.8, 4) is 11.1 Å². The molecule has 188 valence electrons. The summed E-state index contributed by atoms with van der Waals surface area (Å²) < 4.78 is 4.95. The minimum Gasteiger partial charge on any atom is -0.389 e. The summed E-state index contributed by atoms with van der Waals surface area (Å²) in [5.41, 5.74) is 2.85. The number of likely N-dealkylation sites (tertiary alicyclic amines) is 2. The lowest BCUT2D eigenvalue weighted by atomic mass is 10.0. The standard InChI is InChI=1S/C27H36N4O4/c1-29(26(33)22-10-8-21(9-11-22)20-6-4-3-5-7-20)24-13-15-31(18-24)27(34)30-14-12-23(17-30)28-16-25(32)19-35-2/h3-11,23-25,28,32H,12-19H2,1-2H3. The van der Waals surface area contributed by atoms with Gasteiger partial charge in [0.2, 0.25) is 0 Å². The molecule has 0 spiro atoms. The SMILES string of the molecule is COCC(O)CNC1CCN(C(=O)N2CCC(N(C)C(=O)c3ccc(-c4ccccc4)cc3)C2)C1. The highest BCUT2D eigenvalue weighted by atomic mass is 16.5. The van der Waals surface area contributed by atoms with E-state index < -0.39 is 6.10 Å². The molecule has 2 heterocycles. The van der Waals surface area contributed by atoms with Gasteiger partial charge in [-0.3, -0.25) is 4.79 Å². The van der Waals surface area contributed by atoms with E-state index in [1.54, 1.807) is 12.0 Å². The van der Waals surface area contributed by atoms with Crippen LogP contribution in [0.25, 0.3) is 11.1 Å². The lowest BCUT2D eigenvalue weighted by molar-refractivity contribution is 0.0628. The van der Waals surface area contributed by atoms with Crippen molar-refractivity contribution in [3.05, 3.63) is 60.2 Å². The first-order chi connectivity index (χ1) is 17.0. The first kappa shape index (κ1) is 25.2. The van der Waals surface area contributed by atoms with Gasteiger partial charge in [-0.25, -0.2) is 4.79 Å². The number of ether oxygens (including phenoxy) is 1. The molecule has 0 saturated carbocycles. The van der Waals surface area contributed by atoms with Crippen LogP contribution in [0.4, 0.5) is 4.79 Å². The van der Waals surface area contributed by atoms with E-state index in [4.69, 9.17) is 4.74 Å². The molecule has 3 atom stereocenters. The Hall–Kier alpha value is -2.94. The molecular formula is C27H36N4O4. The van der Waals surface area contributed by atoms with Crippen LogP contribution in [0.3, 0.4) is 0 Å². The number of hydrogen-bond acceptors (Lipinski definition) is 5. The Morgan fingerprint density at radius 2 is 1.69 bits per heavy atom. The fraction of sp³-hybridized carbons (Fsp3) is 0.481. The molecule has 2 N–H and O–H groups in total. The fourth-order valence-electron chi connectivity index (χ4n) is 4.89. The van der Waals surface area contributed by atoms with Gasteiger partial charge in [-0.1, -0.05) is 42.5 Å². The number of nitrogens with one attached hydrogen (secondary N) is 1. The molecule has 0 bridgehead atoms. The number of carbonyl (C=O) groups is 2. The number of nitrogens with zero attached hydrogens (tertiary/aromatic N) is 3. The lowest BCUT2D eigenvalue weighted by Crippen LogP contribution is -2.45. The van der Waals surface area contributed by atoms with E-state index >= 15 is 0 Å². The van der Waals surface area contributed by atoms with Gasteiger partial charge in [0.25, 0.3) is 5.91 Å². The van der Waals surface area contributed by atoms with Crippen molar-refractivity contribution < 1.29 is 19.4 Å². The highest BCUT2D eigenvalue weighted by Crippen LogP contribution is 2.23. The smallest absolute Gasteiger partial charge is 0.320 e. The van der Waals surface area contributed by atoms with E-state index in [2.05, 4.69) is 17.4 Å². The van der Waals surface area contributed by atoms with Gasteiger partial charge in [-0.15, -0.1) is 0 Å². The second-order valence-electron chi connectivity index (χ2n) is 9.48. The Labute approximate surface area is 207 Å². The molecule has 3 amide bonds. The summed E-state index contributed by atoms with van der Waals surface area (Å²) in [4.78, 5) is 31.7. The molecule has 2 aromatic rings. The third-order valence-electron chi connectivity index (χ3n) is 7.00. The van der Waals surface area contributed by atoms with Crippen LogP contribution in [0.2, 0.25) is 0 Å². The van der Waals surface area contributed by atoms with Gasteiger partial charge >= 0.3 is 6.03 Å². The number of hydrogen-bond donors (Lipinski definition) is 2. The molecule has 2 aliphatic rings. The van der Waals surface area contributed by atoms with Gasteiger partial charge in [0.05, 0.1) is 18.8 Å². The maximum Gasteiger partial charge on any atom is 0.320 e. The van der Waals surface area contributed by atoms with Crippen molar-refractivity contribution in [3.63, 3.8) is 0 Å². The number of benzene rings is 2. The maximum atomic E-state index is 13.1. The fourth-order valence-corrected chi connectivity index (χ4v) is 4.89. The second kappa shape index (κ2) is 11.7. The zero-order valence-electron chi connectivity index (χ0n) is 20.6. The number of urea groups is 1. The van der Waals surface area contributed by atoms with E-state index in [9.17, 15) is 14.7 Å². The highest BCUT2D eigenvalue weighted by molar-refractivity contribution is 5.95. The molecule has 2 fully saturated rings. The zero-order valence-corrected chi connectivity index (χ0v) is 20.6. The zero-order chi connectivity index (χ0) is 24.8. The van der Waals surface area contributed by atoms with Gasteiger partial charge in [-0.05, 0) is 36.1 Å². The molecule has 2 saturated heterocycles. The van der Waals surface area contributed by atoms with Crippen LogP contribution < -0.4 is 5.32 Å². The summed E-state index contributed by atoms with van der Waals surface area (Å²) in [6, 6.07) is 18.0. The summed E-state index contributed by atoms with van der Waals surface area (Å²) >= 11 is 0. The predicted molar refractivity (Wildman–Crippen MR) is 135 cm³/mol. The minimum atomic E-state index is -0.549. The Morgan fingerprint density at radius 3 is 2.40 bits per heavy atom. The van der Waals surface area contributed by atoms with E-state index in [-0.39, 0.29) is 24.0 Å². The monoisotopic (exact) mass is 480 g/mol. The summed E-state index contributed by atoms with van der Waals surface area (Å²) in [5.74, 6) is -0.0241. The van der Waals surface area contributed by atoms with Gasteiger partial charge in [0.1, 0.15) is 0 Å². The van der Waals surface area contributed by atoms with Crippen LogP contribution in [-0.4, -0.2) is 103 Å². The quantitative estimate of drug-likeness (QED) is 0.606. The molecule has 2 aromatic carbocycles. The predicted octanol–water partition coefficient (Wildman–Crippen LogP) is 2.29. The number of methoxy groups -OCH3 is 1. The first-order valence-corrected chi connectivity index (χ1v) is 12.3. The van der Waals surface area contributed by atoms with Crippen LogP contribution in [-0.2, 0) is 4.74 Å². The van der Waals surface area contributed by atoms with Crippen molar-refractivity contribution in [1.82, 2.24) is 20.0 Å². The van der Waals surface area contributed by atoms with Crippen LogP contribution in [0.5, 0.6) is 0 Å². The van der Waals surface area contributed by atoms with Gasteiger partial charge in [-0.2, -0.15) is 0 Å². The first-order valence-electron chi connectivity index (χ1n) is 12.3. The third kappa shape index (κ3) is 6.20. The van der Waals surface area contributed by atoms with Gasteiger partial charge in [0.15, 0.2) is 0 Å². The molecule has 3 unspecified atom stereocenters. The molecule has 0 radical (unpaired) electrons. The van der Waals surface area contributed by atoms with Crippen LogP contribution >= 0.6 is 0 Å². The number of likely N-dealkylation sites (N-methyl/N-ethyl adjacent to an activating group) is 1. The highest BCUT2D eigenvalue weighted by Gasteiger charge is 2.35. The Morgan fingerprint density at radius 1 is 1.03 bits per heavy atom. The normalized spacial score (nSPS) is 20.8. The number of rotatable bonds is 8. The van der Waals surface area contributed by atoms with E-state index in [0.29, 0.717) is 44.9 Å². The number of amides is 3. The maximum absolute atomic E-state index is 13.1. The number of aliphatic hydroxyl groups excluding tert-OH is 1. The molecule has 0 aliphatic carbocycles. The Kier molecular flexibility index (Phi) is 8.38. The average molecular weight is 481 g/mol. The molecule has 2 aliphatic heterocycles. The summed E-state index contributed by atoms with van der Waals surface area (Å²) in [5, 5.41) is 13.1. The number of aliphatic hydroxyl groups is 1. The molecule has 4 rings (SSSR count). The largest absolute Gasteiger partial charge is 0.389 e.